The van der Waals surface area contributed by atoms with Crippen molar-refractivity contribution in [1.29, 1.82) is 0 Å². The first kappa shape index (κ1) is 11.4. The monoisotopic (exact) mass is 168 g/mol. The lowest BCUT2D eigenvalue weighted by Gasteiger charge is -1.98. The molecule has 0 spiro atoms. The minimum Gasteiger partial charge on any atom is -0.299 e. The first-order valence-corrected chi connectivity index (χ1v) is 4.85. The topological polar surface area (TPSA) is 17.1 Å². The van der Waals surface area contributed by atoms with E-state index in [1.807, 2.05) is 13.0 Å². The van der Waals surface area contributed by atoms with Crippen molar-refractivity contribution in [2.75, 3.05) is 0 Å². The van der Waals surface area contributed by atoms with Gasteiger partial charge in [0.1, 0.15) is 5.78 Å². The molecule has 1 nitrogen and oxygen atoms in total. The number of hydrogen-bond acceptors (Lipinski definition) is 1. The van der Waals surface area contributed by atoms with Crippen LogP contribution in [0.1, 0.15) is 46.5 Å². The smallest absolute Gasteiger partial charge is 0.136 e. The second-order valence-electron chi connectivity index (χ2n) is 3.32. The van der Waals surface area contributed by atoms with Crippen LogP contribution in [0.5, 0.6) is 0 Å². The number of ketones is 1. The van der Waals surface area contributed by atoms with E-state index in [9.17, 15) is 4.79 Å². The average Bonchev–Trinajstić information content (AvgIpc) is 2.03. The number of carbonyl (C=O) groups excluding carboxylic acids is 1. The lowest BCUT2D eigenvalue weighted by Crippen LogP contribution is -2.01. The molecule has 0 saturated carbocycles. The summed E-state index contributed by atoms with van der Waals surface area (Å²) in [5.74, 6) is 0.355. The standard InChI is InChI=1S/C11H20O/c1-4-5-6-7-8-9-10(2)11(3)12/h8-10H,4-7H2,1-3H3. The molecule has 0 rings (SSSR count). The Bertz CT molecular complexity index is 147. The van der Waals surface area contributed by atoms with Gasteiger partial charge in [0.05, 0.1) is 0 Å². The van der Waals surface area contributed by atoms with Crippen molar-refractivity contribution in [3.63, 3.8) is 0 Å². The van der Waals surface area contributed by atoms with Gasteiger partial charge in [-0.3, -0.25) is 4.79 Å². The van der Waals surface area contributed by atoms with Gasteiger partial charge in [0.25, 0.3) is 0 Å². The van der Waals surface area contributed by atoms with E-state index in [1.54, 1.807) is 6.92 Å². The first-order chi connectivity index (χ1) is 5.68. The lowest BCUT2D eigenvalue weighted by molar-refractivity contribution is -0.118. The third kappa shape index (κ3) is 6.14. The fourth-order valence-electron chi connectivity index (χ4n) is 0.948. The van der Waals surface area contributed by atoms with Crippen molar-refractivity contribution in [3.8, 4) is 0 Å². The number of hydrogen-bond donors (Lipinski definition) is 0. The van der Waals surface area contributed by atoms with Crippen LogP contribution in [0, 0.1) is 5.92 Å². The molecule has 0 N–H and O–H groups in total. The molecule has 70 valence electrons. The van der Waals surface area contributed by atoms with Gasteiger partial charge in [-0.2, -0.15) is 0 Å². The molecule has 0 aromatic heterocycles. The summed E-state index contributed by atoms with van der Waals surface area (Å²) >= 11 is 0. The van der Waals surface area contributed by atoms with Crippen LogP contribution in [0.25, 0.3) is 0 Å². The van der Waals surface area contributed by atoms with Crippen molar-refractivity contribution >= 4 is 5.78 Å². The van der Waals surface area contributed by atoms with E-state index in [1.165, 1.54) is 19.3 Å². The molecular formula is C11H20O. The Morgan fingerprint density at radius 3 is 2.58 bits per heavy atom. The van der Waals surface area contributed by atoms with Crippen LogP contribution in [0.3, 0.4) is 0 Å². The summed E-state index contributed by atoms with van der Waals surface area (Å²) in [7, 11) is 0. The highest BCUT2D eigenvalue weighted by Gasteiger charge is 2.00. The Labute approximate surface area is 75.9 Å². The Morgan fingerprint density at radius 1 is 1.42 bits per heavy atom. The molecule has 12 heavy (non-hydrogen) atoms. The second kappa shape index (κ2) is 7.08. The third-order valence-corrected chi connectivity index (χ3v) is 2.04. The molecule has 0 bridgehead atoms. The molecule has 1 unspecified atom stereocenters. The number of rotatable bonds is 6. The minimum atomic E-state index is 0.103. The highest BCUT2D eigenvalue weighted by Crippen LogP contribution is 2.03. The predicted octanol–water partition coefficient (Wildman–Crippen LogP) is 3.35. The highest BCUT2D eigenvalue weighted by molar-refractivity contribution is 5.79. The molecule has 0 aliphatic rings. The average molecular weight is 168 g/mol. The van der Waals surface area contributed by atoms with Gasteiger partial charge < -0.3 is 0 Å². The first-order valence-electron chi connectivity index (χ1n) is 4.85. The fraction of sp³-hybridized carbons (Fsp3) is 0.727. The van der Waals surface area contributed by atoms with Crippen molar-refractivity contribution in [3.05, 3.63) is 12.2 Å². The van der Waals surface area contributed by atoms with Gasteiger partial charge in [0, 0.05) is 5.92 Å². The van der Waals surface area contributed by atoms with Crippen molar-refractivity contribution < 1.29 is 4.79 Å². The van der Waals surface area contributed by atoms with Gasteiger partial charge >= 0.3 is 0 Å². The second-order valence-corrected chi connectivity index (χ2v) is 3.32. The van der Waals surface area contributed by atoms with Crippen LogP contribution in [0.2, 0.25) is 0 Å². The molecule has 0 amide bonds. The van der Waals surface area contributed by atoms with Gasteiger partial charge in [-0.05, 0) is 19.8 Å². The van der Waals surface area contributed by atoms with Crippen LogP contribution >= 0.6 is 0 Å². The molecule has 0 fully saturated rings. The zero-order valence-electron chi connectivity index (χ0n) is 8.47. The van der Waals surface area contributed by atoms with Gasteiger partial charge in [-0.1, -0.05) is 38.8 Å². The Kier molecular flexibility index (Phi) is 6.73. The summed E-state index contributed by atoms with van der Waals surface area (Å²) in [6, 6.07) is 0. The molecular weight excluding hydrogens is 148 g/mol. The molecule has 1 atom stereocenters. The van der Waals surface area contributed by atoms with E-state index in [0.717, 1.165) is 6.42 Å². The lowest BCUT2D eigenvalue weighted by atomic mass is 10.1. The summed E-state index contributed by atoms with van der Waals surface area (Å²) in [5, 5.41) is 0. The summed E-state index contributed by atoms with van der Waals surface area (Å²) < 4.78 is 0. The zero-order valence-corrected chi connectivity index (χ0v) is 8.47. The molecule has 0 heterocycles. The van der Waals surface area contributed by atoms with Crippen LogP contribution in [-0.2, 0) is 4.79 Å². The largest absolute Gasteiger partial charge is 0.299 e. The molecule has 0 aliphatic carbocycles. The maximum atomic E-state index is 10.8. The summed E-state index contributed by atoms with van der Waals surface area (Å²) in [6.45, 7) is 5.78. The molecule has 0 aliphatic heterocycles. The van der Waals surface area contributed by atoms with Crippen molar-refractivity contribution in [2.24, 2.45) is 5.92 Å². The van der Waals surface area contributed by atoms with E-state index in [4.69, 9.17) is 0 Å². The molecule has 1 heteroatoms. The number of Topliss-reactive ketones (excluding diaryl/α,β-unsaturated/α-hetero) is 1. The van der Waals surface area contributed by atoms with E-state index in [-0.39, 0.29) is 11.7 Å². The summed E-state index contributed by atoms with van der Waals surface area (Å²) in [6.07, 6.45) is 9.05. The highest BCUT2D eigenvalue weighted by atomic mass is 16.1. The number of allylic oxidation sites excluding steroid dienone is 2. The van der Waals surface area contributed by atoms with E-state index in [0.29, 0.717) is 0 Å². The number of unbranched alkanes of at least 4 members (excludes halogenated alkanes) is 3. The molecule has 0 aromatic carbocycles. The maximum absolute atomic E-state index is 10.8. The SMILES string of the molecule is CCCCCC=CC(C)C(C)=O. The van der Waals surface area contributed by atoms with Crippen LogP contribution in [-0.4, -0.2) is 5.78 Å². The quantitative estimate of drug-likeness (QED) is 0.439. The summed E-state index contributed by atoms with van der Waals surface area (Å²) in [5.41, 5.74) is 0. The van der Waals surface area contributed by atoms with E-state index in [2.05, 4.69) is 13.0 Å². The molecule has 0 saturated heterocycles. The van der Waals surface area contributed by atoms with Crippen molar-refractivity contribution in [2.45, 2.75) is 46.5 Å². The van der Waals surface area contributed by atoms with Crippen LogP contribution in [0.4, 0.5) is 0 Å². The normalized spacial score (nSPS) is 13.6. The van der Waals surface area contributed by atoms with Gasteiger partial charge in [0.15, 0.2) is 0 Å². The molecule has 0 aromatic rings. The van der Waals surface area contributed by atoms with E-state index >= 15 is 0 Å². The third-order valence-electron chi connectivity index (χ3n) is 2.04. The fourth-order valence-corrected chi connectivity index (χ4v) is 0.948. The Hall–Kier alpha value is -0.590. The van der Waals surface area contributed by atoms with Gasteiger partial charge in [0.2, 0.25) is 0 Å². The van der Waals surface area contributed by atoms with Crippen LogP contribution in [0.15, 0.2) is 12.2 Å². The van der Waals surface area contributed by atoms with E-state index < -0.39 is 0 Å². The van der Waals surface area contributed by atoms with Gasteiger partial charge in [-0.15, -0.1) is 0 Å². The Balaban J connectivity index is 3.41. The summed E-state index contributed by atoms with van der Waals surface area (Å²) in [4.78, 5) is 10.8. The molecule has 0 radical (unpaired) electrons. The zero-order chi connectivity index (χ0) is 9.40. The van der Waals surface area contributed by atoms with Gasteiger partial charge in [-0.25, -0.2) is 0 Å². The van der Waals surface area contributed by atoms with Crippen molar-refractivity contribution in [1.82, 2.24) is 0 Å². The number of carbonyl (C=O) groups is 1. The van der Waals surface area contributed by atoms with Crippen LogP contribution < -0.4 is 0 Å². The predicted molar refractivity (Wildman–Crippen MR) is 53.1 cm³/mol. The maximum Gasteiger partial charge on any atom is 0.136 e. The Morgan fingerprint density at radius 2 is 2.08 bits per heavy atom. The minimum absolute atomic E-state index is 0.103.